The lowest BCUT2D eigenvalue weighted by Gasteiger charge is -2.42. The van der Waals surface area contributed by atoms with E-state index in [1.807, 2.05) is 0 Å². The number of carbonyl (C=O) groups is 1. The molecule has 1 rings (SSSR count). The average molecular weight is 338 g/mol. The highest BCUT2D eigenvalue weighted by Crippen LogP contribution is 2.25. The van der Waals surface area contributed by atoms with Gasteiger partial charge in [0.2, 0.25) is 0 Å². The van der Waals surface area contributed by atoms with E-state index in [4.69, 9.17) is 18.9 Å². The molecular weight excluding hydrogens is 312 g/mol. The highest BCUT2D eigenvalue weighted by molar-refractivity contribution is 5.55. The van der Waals surface area contributed by atoms with E-state index in [9.17, 15) is 25.2 Å². The van der Waals surface area contributed by atoms with Crippen molar-refractivity contribution in [3.63, 3.8) is 0 Å². The van der Waals surface area contributed by atoms with Crippen molar-refractivity contribution in [2.75, 3.05) is 20.3 Å². The Balaban J connectivity index is 2.71. The summed E-state index contributed by atoms with van der Waals surface area (Å²) in [5.74, 6) is 0. The summed E-state index contributed by atoms with van der Waals surface area (Å²) in [5.41, 5.74) is 0. The molecule has 0 aromatic carbocycles. The van der Waals surface area contributed by atoms with Crippen LogP contribution in [0.15, 0.2) is 0 Å². The first kappa shape index (κ1) is 20.4. The zero-order valence-corrected chi connectivity index (χ0v) is 13.4. The minimum atomic E-state index is -1.41. The number of rotatable bonds is 9. The van der Waals surface area contributed by atoms with E-state index in [1.54, 1.807) is 6.92 Å². The van der Waals surface area contributed by atoms with Crippen LogP contribution in [-0.2, 0) is 23.7 Å². The molecule has 1 aliphatic heterocycles. The number of aldehydes is 1. The van der Waals surface area contributed by atoms with E-state index in [-0.39, 0.29) is 0 Å². The van der Waals surface area contributed by atoms with E-state index in [1.165, 1.54) is 14.0 Å². The van der Waals surface area contributed by atoms with Crippen LogP contribution >= 0.6 is 0 Å². The Hall–Kier alpha value is -0.650. The molecule has 23 heavy (non-hydrogen) atoms. The van der Waals surface area contributed by atoms with Gasteiger partial charge in [0, 0.05) is 7.11 Å². The van der Waals surface area contributed by atoms with Crippen molar-refractivity contribution in [2.24, 2.45) is 0 Å². The van der Waals surface area contributed by atoms with Crippen LogP contribution in [0.5, 0.6) is 0 Å². The van der Waals surface area contributed by atoms with Crippen molar-refractivity contribution in [2.45, 2.75) is 62.9 Å². The van der Waals surface area contributed by atoms with Crippen molar-refractivity contribution in [1.82, 2.24) is 0 Å². The van der Waals surface area contributed by atoms with E-state index < -0.39 is 62.2 Å². The molecule has 0 aromatic rings. The summed E-state index contributed by atoms with van der Waals surface area (Å²) >= 11 is 0. The molecule has 9 nitrogen and oxygen atoms in total. The molecule has 0 saturated carbocycles. The molecule has 0 spiro atoms. The standard InChI is InChI=1S/C14H26O9/c1-7(4-15)21-9(5-16)8(2)22-14-12(19)11(18)13(20-3)10(6-17)23-14/h4,7-14,16-19H,5-6H2,1-3H3/t7-,8?,9?,10?,11?,12?,13?,14?/m0/s1. The molecule has 9 heteroatoms. The molecule has 0 aliphatic carbocycles. The number of carbonyl (C=O) groups excluding carboxylic acids is 1. The van der Waals surface area contributed by atoms with Gasteiger partial charge in [0.15, 0.2) is 6.29 Å². The number of aliphatic hydroxyl groups excluding tert-OH is 4. The molecule has 8 atom stereocenters. The second-order valence-corrected chi connectivity index (χ2v) is 5.45. The van der Waals surface area contributed by atoms with E-state index in [2.05, 4.69) is 0 Å². The molecule has 0 amide bonds. The van der Waals surface area contributed by atoms with Crippen molar-refractivity contribution < 1.29 is 44.2 Å². The van der Waals surface area contributed by atoms with Gasteiger partial charge in [-0.1, -0.05) is 0 Å². The van der Waals surface area contributed by atoms with Crippen molar-refractivity contribution in [3.8, 4) is 0 Å². The quantitative estimate of drug-likeness (QED) is 0.346. The summed E-state index contributed by atoms with van der Waals surface area (Å²) in [6.07, 6.45) is -7.46. The van der Waals surface area contributed by atoms with Gasteiger partial charge in [-0.2, -0.15) is 0 Å². The van der Waals surface area contributed by atoms with Crippen LogP contribution in [0.4, 0.5) is 0 Å². The number of hydrogen-bond donors (Lipinski definition) is 4. The normalized spacial score (nSPS) is 35.5. The molecule has 7 unspecified atom stereocenters. The van der Waals surface area contributed by atoms with Gasteiger partial charge in [-0.25, -0.2) is 0 Å². The molecule has 1 aliphatic rings. The smallest absolute Gasteiger partial charge is 0.187 e. The van der Waals surface area contributed by atoms with Gasteiger partial charge >= 0.3 is 0 Å². The average Bonchev–Trinajstić information content (AvgIpc) is 2.55. The first-order valence-electron chi connectivity index (χ1n) is 7.41. The van der Waals surface area contributed by atoms with Gasteiger partial charge in [0.05, 0.1) is 19.3 Å². The largest absolute Gasteiger partial charge is 0.394 e. The Bertz CT molecular complexity index is 351. The fraction of sp³-hybridized carbons (Fsp3) is 0.929. The highest BCUT2D eigenvalue weighted by atomic mass is 16.7. The fourth-order valence-electron chi connectivity index (χ4n) is 2.37. The second kappa shape index (κ2) is 9.60. The first-order valence-corrected chi connectivity index (χ1v) is 7.41. The predicted molar refractivity (Wildman–Crippen MR) is 76.6 cm³/mol. The Labute approximate surface area is 134 Å². The summed E-state index contributed by atoms with van der Waals surface area (Å²) < 4.78 is 21.2. The summed E-state index contributed by atoms with van der Waals surface area (Å²) in [5, 5.41) is 38.7. The number of methoxy groups -OCH3 is 1. The number of hydrogen-bond acceptors (Lipinski definition) is 9. The minimum absolute atomic E-state index is 0.408. The van der Waals surface area contributed by atoms with Crippen LogP contribution in [0.2, 0.25) is 0 Å². The number of ether oxygens (including phenoxy) is 4. The molecular formula is C14H26O9. The lowest BCUT2D eigenvalue weighted by Crippen LogP contribution is -2.60. The van der Waals surface area contributed by atoms with Crippen LogP contribution in [0.1, 0.15) is 13.8 Å². The molecule has 136 valence electrons. The molecule has 1 fully saturated rings. The van der Waals surface area contributed by atoms with Gasteiger partial charge in [-0.05, 0) is 13.8 Å². The summed E-state index contributed by atoms with van der Waals surface area (Å²) in [4.78, 5) is 10.6. The summed E-state index contributed by atoms with van der Waals surface area (Å²) in [6, 6.07) is 0. The molecule has 0 bridgehead atoms. The van der Waals surface area contributed by atoms with Crippen LogP contribution in [0, 0.1) is 0 Å². The maximum atomic E-state index is 10.6. The molecule has 1 heterocycles. The topological polar surface area (TPSA) is 135 Å². The van der Waals surface area contributed by atoms with Crippen LogP contribution < -0.4 is 0 Å². The van der Waals surface area contributed by atoms with Crippen molar-refractivity contribution >= 4 is 6.29 Å². The van der Waals surface area contributed by atoms with Crippen molar-refractivity contribution in [3.05, 3.63) is 0 Å². The molecule has 0 radical (unpaired) electrons. The monoisotopic (exact) mass is 338 g/mol. The number of aliphatic hydroxyl groups is 4. The Kier molecular flexibility index (Phi) is 8.51. The van der Waals surface area contributed by atoms with Crippen LogP contribution in [0.3, 0.4) is 0 Å². The third kappa shape index (κ3) is 5.16. The highest BCUT2D eigenvalue weighted by Gasteiger charge is 2.46. The fourth-order valence-corrected chi connectivity index (χ4v) is 2.37. The van der Waals surface area contributed by atoms with Gasteiger partial charge < -0.3 is 44.2 Å². The summed E-state index contributed by atoms with van der Waals surface area (Å²) in [6.45, 7) is 2.24. The van der Waals surface area contributed by atoms with Gasteiger partial charge in [-0.3, -0.25) is 0 Å². The zero-order chi connectivity index (χ0) is 17.6. The summed E-state index contributed by atoms with van der Waals surface area (Å²) in [7, 11) is 1.33. The van der Waals surface area contributed by atoms with Gasteiger partial charge in [0.1, 0.15) is 42.9 Å². The molecule has 1 saturated heterocycles. The van der Waals surface area contributed by atoms with Gasteiger partial charge in [0.25, 0.3) is 0 Å². The lowest BCUT2D eigenvalue weighted by molar-refractivity contribution is -0.320. The first-order chi connectivity index (χ1) is 10.9. The molecule has 4 N–H and O–H groups in total. The van der Waals surface area contributed by atoms with Crippen molar-refractivity contribution in [1.29, 1.82) is 0 Å². The van der Waals surface area contributed by atoms with Crippen LogP contribution in [0.25, 0.3) is 0 Å². The lowest BCUT2D eigenvalue weighted by atomic mass is 9.99. The SMILES string of the molecule is COC1C(CO)OC(OC(C)C(CO)O[C@@H](C)C=O)C(O)C1O. The minimum Gasteiger partial charge on any atom is -0.394 e. The predicted octanol–water partition coefficient (Wildman–Crippen LogP) is -2.19. The molecule has 0 aromatic heterocycles. The second-order valence-electron chi connectivity index (χ2n) is 5.45. The van der Waals surface area contributed by atoms with E-state index in [0.717, 1.165) is 0 Å². The third-order valence-electron chi connectivity index (χ3n) is 3.73. The zero-order valence-electron chi connectivity index (χ0n) is 13.4. The maximum Gasteiger partial charge on any atom is 0.187 e. The van der Waals surface area contributed by atoms with Crippen LogP contribution in [-0.4, -0.2) is 96.1 Å². The van der Waals surface area contributed by atoms with E-state index in [0.29, 0.717) is 6.29 Å². The Morgan fingerprint density at radius 2 is 1.87 bits per heavy atom. The maximum absolute atomic E-state index is 10.6. The third-order valence-corrected chi connectivity index (χ3v) is 3.73. The van der Waals surface area contributed by atoms with Gasteiger partial charge in [-0.15, -0.1) is 0 Å². The Morgan fingerprint density at radius 1 is 1.22 bits per heavy atom. The Morgan fingerprint density at radius 3 is 2.35 bits per heavy atom. The van der Waals surface area contributed by atoms with E-state index >= 15 is 0 Å².